The Hall–Kier alpha value is 0.390. The summed E-state index contributed by atoms with van der Waals surface area (Å²) in [4.78, 5) is 10.8. The molecule has 0 bridgehead atoms. The summed E-state index contributed by atoms with van der Waals surface area (Å²) in [5.41, 5.74) is 0. The maximum atomic E-state index is 10.8. The zero-order chi connectivity index (χ0) is 9.68. The smallest absolute Gasteiger partial charge is 0.316 e. The monoisotopic (exact) mass is 314 g/mol. The van der Waals surface area contributed by atoms with E-state index in [0.29, 0.717) is 0 Å². The van der Waals surface area contributed by atoms with Crippen molar-refractivity contribution >= 4 is 37.8 Å². The third-order valence-electron chi connectivity index (χ3n) is 1.89. The number of hydrogen-bond acceptors (Lipinski definition) is 3. The van der Waals surface area contributed by atoms with E-state index in [4.69, 9.17) is 9.47 Å². The number of ether oxygens (including phenoxy) is 2. The molecule has 0 saturated heterocycles. The average Bonchev–Trinajstić information content (AvgIpc) is 2.08. The molecule has 1 fully saturated rings. The normalized spacial score (nSPS) is 26.6. The van der Waals surface area contributed by atoms with Crippen molar-refractivity contribution in [2.75, 3.05) is 17.3 Å². The number of halogens is 2. The molecule has 1 saturated carbocycles. The minimum atomic E-state index is -0.191. The van der Waals surface area contributed by atoms with Crippen LogP contribution in [-0.2, 0) is 14.3 Å². The molecule has 0 aromatic carbocycles. The number of carbonyl (C=O) groups excluding carboxylic acids is 1. The van der Waals surface area contributed by atoms with Crippen LogP contribution in [0.1, 0.15) is 12.8 Å². The molecule has 1 aliphatic rings. The highest BCUT2D eigenvalue weighted by molar-refractivity contribution is 9.09. The third-order valence-corrected chi connectivity index (χ3v) is 2.67. The second kappa shape index (κ2) is 5.98. The molecule has 13 heavy (non-hydrogen) atoms. The van der Waals surface area contributed by atoms with Gasteiger partial charge in [-0.1, -0.05) is 31.9 Å². The van der Waals surface area contributed by atoms with Gasteiger partial charge in [0.05, 0.1) is 12.7 Å². The second-order valence-electron chi connectivity index (χ2n) is 2.90. The Morgan fingerprint density at radius 2 is 2.00 bits per heavy atom. The van der Waals surface area contributed by atoms with E-state index in [2.05, 4.69) is 31.9 Å². The fraction of sp³-hybridized carbons (Fsp3) is 0.875. The summed E-state index contributed by atoms with van der Waals surface area (Å²) in [5, 5.41) is 1.13. The lowest BCUT2D eigenvalue weighted by atomic mass is 9.92. The van der Waals surface area contributed by atoms with Gasteiger partial charge in [-0.15, -0.1) is 0 Å². The van der Waals surface area contributed by atoms with E-state index in [9.17, 15) is 4.79 Å². The first-order valence-electron chi connectivity index (χ1n) is 4.19. The van der Waals surface area contributed by atoms with Gasteiger partial charge in [-0.3, -0.25) is 4.79 Å². The quantitative estimate of drug-likeness (QED) is 0.574. The predicted molar refractivity (Wildman–Crippen MR) is 56.4 cm³/mol. The summed E-state index contributed by atoms with van der Waals surface area (Å²) in [6.07, 6.45) is 2.04. The van der Waals surface area contributed by atoms with E-state index in [-0.39, 0.29) is 23.5 Å². The van der Waals surface area contributed by atoms with Crippen molar-refractivity contribution in [3.05, 3.63) is 0 Å². The van der Waals surface area contributed by atoms with Crippen LogP contribution >= 0.6 is 31.9 Å². The molecule has 0 atom stereocenters. The van der Waals surface area contributed by atoms with Crippen molar-refractivity contribution < 1.29 is 14.3 Å². The van der Waals surface area contributed by atoms with Crippen molar-refractivity contribution in [2.45, 2.75) is 25.0 Å². The van der Waals surface area contributed by atoms with E-state index in [1.807, 2.05) is 0 Å². The van der Waals surface area contributed by atoms with Crippen LogP contribution in [0.5, 0.6) is 0 Å². The van der Waals surface area contributed by atoms with Crippen LogP contribution in [0.4, 0.5) is 0 Å². The maximum absolute atomic E-state index is 10.8. The molecule has 0 amide bonds. The Morgan fingerprint density at radius 1 is 1.31 bits per heavy atom. The molecule has 0 aliphatic heterocycles. The summed E-state index contributed by atoms with van der Waals surface area (Å²) in [5.74, 6) is -0.191. The molecule has 0 aromatic rings. The zero-order valence-corrected chi connectivity index (χ0v) is 10.3. The van der Waals surface area contributed by atoms with E-state index in [1.165, 1.54) is 0 Å². The lowest BCUT2D eigenvalue weighted by Gasteiger charge is -2.34. The number of esters is 1. The van der Waals surface area contributed by atoms with E-state index in [0.717, 1.165) is 24.8 Å². The van der Waals surface area contributed by atoms with Gasteiger partial charge in [-0.05, 0) is 0 Å². The van der Waals surface area contributed by atoms with Gasteiger partial charge in [0.25, 0.3) is 0 Å². The highest BCUT2D eigenvalue weighted by atomic mass is 79.9. The lowest BCUT2D eigenvalue weighted by Crippen LogP contribution is -2.39. The van der Waals surface area contributed by atoms with Crippen LogP contribution in [0.25, 0.3) is 0 Å². The van der Waals surface area contributed by atoms with Crippen LogP contribution in [0, 0.1) is 0 Å². The van der Waals surface area contributed by atoms with Crippen LogP contribution in [0.15, 0.2) is 0 Å². The first kappa shape index (κ1) is 11.5. The Kier molecular flexibility index (Phi) is 5.28. The highest BCUT2D eigenvalue weighted by Gasteiger charge is 2.32. The summed E-state index contributed by atoms with van der Waals surface area (Å²) in [6, 6.07) is 0. The van der Waals surface area contributed by atoms with Gasteiger partial charge in [0.15, 0.2) is 0 Å². The molecule has 0 unspecified atom stereocenters. The summed E-state index contributed by atoms with van der Waals surface area (Å²) >= 11 is 6.32. The average molecular weight is 316 g/mol. The molecule has 5 heteroatoms. The van der Waals surface area contributed by atoms with Crippen LogP contribution < -0.4 is 0 Å². The fourth-order valence-corrected chi connectivity index (χ4v) is 1.50. The van der Waals surface area contributed by atoms with Crippen molar-refractivity contribution in [3.63, 3.8) is 0 Å². The molecule has 0 aromatic heterocycles. The molecular formula is C8H12Br2O3. The SMILES string of the molecule is O=C(CBr)OC1CC(OCCBr)C1. The Morgan fingerprint density at radius 3 is 2.54 bits per heavy atom. The molecule has 3 nitrogen and oxygen atoms in total. The van der Waals surface area contributed by atoms with Gasteiger partial charge in [-0.25, -0.2) is 0 Å². The summed E-state index contributed by atoms with van der Waals surface area (Å²) in [7, 11) is 0. The minimum Gasteiger partial charge on any atom is -0.462 e. The van der Waals surface area contributed by atoms with Gasteiger partial charge in [-0.2, -0.15) is 0 Å². The predicted octanol–water partition coefficient (Wildman–Crippen LogP) is 1.87. The third kappa shape index (κ3) is 3.95. The van der Waals surface area contributed by atoms with Gasteiger partial charge in [0, 0.05) is 18.2 Å². The topological polar surface area (TPSA) is 35.5 Å². The Balaban J connectivity index is 2.01. The van der Waals surface area contributed by atoms with Crippen LogP contribution in [0.2, 0.25) is 0 Å². The van der Waals surface area contributed by atoms with Gasteiger partial charge < -0.3 is 9.47 Å². The van der Waals surface area contributed by atoms with Crippen LogP contribution in [-0.4, -0.2) is 35.4 Å². The van der Waals surface area contributed by atoms with Crippen molar-refractivity contribution in [3.8, 4) is 0 Å². The first-order valence-corrected chi connectivity index (χ1v) is 6.43. The maximum Gasteiger partial charge on any atom is 0.316 e. The van der Waals surface area contributed by atoms with Crippen molar-refractivity contribution in [1.29, 1.82) is 0 Å². The van der Waals surface area contributed by atoms with Crippen molar-refractivity contribution in [1.82, 2.24) is 0 Å². The lowest BCUT2D eigenvalue weighted by molar-refractivity contribution is -0.158. The molecule has 0 N–H and O–H groups in total. The largest absolute Gasteiger partial charge is 0.462 e. The number of carbonyl (C=O) groups is 1. The second-order valence-corrected chi connectivity index (χ2v) is 4.25. The zero-order valence-electron chi connectivity index (χ0n) is 7.17. The summed E-state index contributed by atoms with van der Waals surface area (Å²) < 4.78 is 10.5. The molecule has 0 radical (unpaired) electrons. The van der Waals surface area contributed by atoms with Crippen molar-refractivity contribution in [2.24, 2.45) is 0 Å². The van der Waals surface area contributed by atoms with E-state index < -0.39 is 0 Å². The minimum absolute atomic E-state index is 0.0744. The number of rotatable bonds is 5. The van der Waals surface area contributed by atoms with Crippen LogP contribution in [0.3, 0.4) is 0 Å². The number of hydrogen-bond donors (Lipinski definition) is 0. The molecule has 0 heterocycles. The van der Waals surface area contributed by atoms with Gasteiger partial charge >= 0.3 is 5.97 Å². The van der Waals surface area contributed by atoms with E-state index >= 15 is 0 Å². The Labute approximate surface area is 94.4 Å². The fourth-order valence-electron chi connectivity index (χ4n) is 1.18. The molecule has 1 rings (SSSR count). The first-order chi connectivity index (χ1) is 6.26. The molecule has 76 valence electrons. The highest BCUT2D eigenvalue weighted by Crippen LogP contribution is 2.26. The number of alkyl halides is 2. The molecule has 1 aliphatic carbocycles. The molecule has 0 spiro atoms. The Bertz CT molecular complexity index is 169. The van der Waals surface area contributed by atoms with Gasteiger partial charge in [0.2, 0.25) is 0 Å². The van der Waals surface area contributed by atoms with Gasteiger partial charge in [0.1, 0.15) is 11.4 Å². The standard InChI is InChI=1S/C8H12Br2O3/c9-1-2-12-6-3-7(4-6)13-8(11)5-10/h6-7H,1-5H2. The van der Waals surface area contributed by atoms with E-state index in [1.54, 1.807) is 0 Å². The molecular weight excluding hydrogens is 304 g/mol. The summed E-state index contributed by atoms with van der Waals surface area (Å²) in [6.45, 7) is 0.726.